The molecule has 0 aliphatic carbocycles. The molecular formula is C10H12BrF3N2. The Morgan fingerprint density at radius 3 is 2.19 bits per heavy atom. The average Bonchev–Trinajstić information content (AvgIpc) is 2.17. The first-order chi connectivity index (χ1) is 7.36. The van der Waals surface area contributed by atoms with E-state index in [2.05, 4.69) is 15.9 Å². The normalized spacial score (nSPS) is 13.6. The number of halogens is 4. The van der Waals surface area contributed by atoms with Gasteiger partial charge >= 0.3 is 6.18 Å². The van der Waals surface area contributed by atoms with Gasteiger partial charge in [0.2, 0.25) is 0 Å². The molecule has 0 fully saturated rings. The van der Waals surface area contributed by atoms with Gasteiger partial charge in [0.05, 0.1) is 0 Å². The van der Waals surface area contributed by atoms with Crippen molar-refractivity contribution in [3.63, 3.8) is 0 Å². The van der Waals surface area contributed by atoms with E-state index in [4.69, 9.17) is 5.73 Å². The number of anilines is 1. The minimum atomic E-state index is -4.32. The third-order valence-corrected chi connectivity index (χ3v) is 2.83. The van der Waals surface area contributed by atoms with Crippen LogP contribution in [0.1, 0.15) is 0 Å². The van der Waals surface area contributed by atoms with Gasteiger partial charge in [-0.15, -0.1) is 0 Å². The van der Waals surface area contributed by atoms with Gasteiger partial charge in [-0.3, -0.25) is 0 Å². The Balaban J connectivity index is 2.91. The number of rotatable bonds is 3. The van der Waals surface area contributed by atoms with Crippen LogP contribution in [0.15, 0.2) is 28.7 Å². The van der Waals surface area contributed by atoms with Crippen LogP contribution in [-0.2, 0) is 0 Å². The monoisotopic (exact) mass is 296 g/mol. The summed E-state index contributed by atoms with van der Waals surface area (Å²) in [5.41, 5.74) is 5.64. The SMILES string of the molecule is CN(c1ccc(Br)cc1)C(CN)C(F)(F)F. The van der Waals surface area contributed by atoms with Gasteiger partial charge in [0.25, 0.3) is 0 Å². The molecule has 0 aromatic heterocycles. The minimum absolute atomic E-state index is 0.462. The Morgan fingerprint density at radius 2 is 1.81 bits per heavy atom. The summed E-state index contributed by atoms with van der Waals surface area (Å²) in [7, 11) is 1.38. The lowest BCUT2D eigenvalue weighted by Gasteiger charge is -2.30. The third kappa shape index (κ3) is 3.12. The Hall–Kier alpha value is -0.750. The molecule has 16 heavy (non-hydrogen) atoms. The van der Waals surface area contributed by atoms with Crippen LogP contribution in [0.3, 0.4) is 0 Å². The number of hydrogen-bond donors (Lipinski definition) is 1. The van der Waals surface area contributed by atoms with E-state index in [1.807, 2.05) is 0 Å². The van der Waals surface area contributed by atoms with Crippen molar-refractivity contribution in [2.75, 3.05) is 18.5 Å². The van der Waals surface area contributed by atoms with Crippen molar-refractivity contribution < 1.29 is 13.2 Å². The Morgan fingerprint density at radius 1 is 1.31 bits per heavy atom. The molecule has 0 spiro atoms. The zero-order valence-corrected chi connectivity index (χ0v) is 10.2. The van der Waals surface area contributed by atoms with Gasteiger partial charge in [0.15, 0.2) is 0 Å². The van der Waals surface area contributed by atoms with E-state index in [1.165, 1.54) is 7.05 Å². The fourth-order valence-electron chi connectivity index (χ4n) is 1.37. The summed E-state index contributed by atoms with van der Waals surface area (Å²) >= 11 is 3.22. The van der Waals surface area contributed by atoms with Crippen LogP contribution in [-0.4, -0.2) is 25.8 Å². The second-order valence-electron chi connectivity index (χ2n) is 3.38. The summed E-state index contributed by atoms with van der Waals surface area (Å²) in [4.78, 5) is 1.13. The summed E-state index contributed by atoms with van der Waals surface area (Å²) < 4.78 is 38.6. The molecule has 6 heteroatoms. The quantitative estimate of drug-likeness (QED) is 0.929. The second-order valence-corrected chi connectivity index (χ2v) is 4.30. The lowest BCUT2D eigenvalue weighted by Crippen LogP contribution is -2.48. The van der Waals surface area contributed by atoms with E-state index in [9.17, 15) is 13.2 Å². The molecule has 1 atom stereocenters. The second kappa shape index (κ2) is 5.05. The van der Waals surface area contributed by atoms with Crippen molar-refractivity contribution >= 4 is 21.6 Å². The van der Waals surface area contributed by atoms with Gasteiger partial charge in [-0.2, -0.15) is 13.2 Å². The lowest BCUT2D eigenvalue weighted by atomic mass is 10.2. The van der Waals surface area contributed by atoms with E-state index in [-0.39, 0.29) is 0 Å². The first-order valence-electron chi connectivity index (χ1n) is 4.61. The van der Waals surface area contributed by atoms with Crippen molar-refractivity contribution in [1.29, 1.82) is 0 Å². The molecule has 0 saturated heterocycles. The highest BCUT2D eigenvalue weighted by Crippen LogP contribution is 2.27. The molecule has 0 amide bonds. The Labute approximate surface area is 100 Å². The number of nitrogens with two attached hydrogens (primary N) is 1. The van der Waals surface area contributed by atoms with E-state index in [0.29, 0.717) is 5.69 Å². The molecule has 0 radical (unpaired) electrons. The zero-order chi connectivity index (χ0) is 12.3. The standard InChI is InChI=1S/C10H12BrF3N2/c1-16(9(6-15)10(12,13)14)8-4-2-7(11)3-5-8/h2-5,9H,6,15H2,1H3. The predicted octanol–water partition coefficient (Wildman–Crippen LogP) is 2.77. The number of benzene rings is 1. The maximum absolute atomic E-state index is 12.6. The minimum Gasteiger partial charge on any atom is -0.362 e. The van der Waals surface area contributed by atoms with Crippen molar-refractivity contribution in [3.8, 4) is 0 Å². The highest BCUT2D eigenvalue weighted by atomic mass is 79.9. The van der Waals surface area contributed by atoms with Crippen LogP contribution in [0.2, 0.25) is 0 Å². The van der Waals surface area contributed by atoms with E-state index >= 15 is 0 Å². The zero-order valence-electron chi connectivity index (χ0n) is 8.63. The molecule has 90 valence electrons. The number of nitrogens with zero attached hydrogens (tertiary/aromatic N) is 1. The fraction of sp³-hybridized carbons (Fsp3) is 0.400. The van der Waals surface area contributed by atoms with Gasteiger partial charge in [-0.1, -0.05) is 15.9 Å². The highest BCUT2D eigenvalue weighted by molar-refractivity contribution is 9.10. The largest absolute Gasteiger partial charge is 0.409 e. The third-order valence-electron chi connectivity index (χ3n) is 2.30. The Kier molecular flexibility index (Phi) is 4.21. The predicted molar refractivity (Wildman–Crippen MR) is 61.4 cm³/mol. The smallest absolute Gasteiger partial charge is 0.362 e. The van der Waals surface area contributed by atoms with Gasteiger partial charge < -0.3 is 10.6 Å². The Bertz CT molecular complexity index is 337. The molecular weight excluding hydrogens is 285 g/mol. The lowest BCUT2D eigenvalue weighted by molar-refractivity contribution is -0.145. The molecule has 1 aromatic carbocycles. The van der Waals surface area contributed by atoms with Crippen LogP contribution in [0, 0.1) is 0 Å². The molecule has 1 unspecified atom stereocenters. The van der Waals surface area contributed by atoms with Gasteiger partial charge in [-0.05, 0) is 24.3 Å². The fourth-order valence-corrected chi connectivity index (χ4v) is 1.63. The van der Waals surface area contributed by atoms with E-state index in [1.54, 1.807) is 24.3 Å². The van der Waals surface area contributed by atoms with Crippen LogP contribution < -0.4 is 10.6 Å². The summed E-state index contributed by atoms with van der Waals surface area (Å²) in [6, 6.07) is 4.94. The maximum atomic E-state index is 12.6. The molecule has 2 nitrogen and oxygen atoms in total. The van der Waals surface area contributed by atoms with Crippen LogP contribution in [0.25, 0.3) is 0 Å². The van der Waals surface area contributed by atoms with Crippen LogP contribution >= 0.6 is 15.9 Å². The van der Waals surface area contributed by atoms with Gasteiger partial charge in [0, 0.05) is 23.8 Å². The number of hydrogen-bond acceptors (Lipinski definition) is 2. The molecule has 0 saturated carbocycles. The number of likely N-dealkylation sites (N-methyl/N-ethyl adjacent to an activating group) is 1. The topological polar surface area (TPSA) is 29.3 Å². The maximum Gasteiger partial charge on any atom is 0.409 e. The highest BCUT2D eigenvalue weighted by Gasteiger charge is 2.41. The first kappa shape index (κ1) is 13.3. The summed E-state index contributed by atoms with van der Waals surface area (Å²) in [5, 5.41) is 0. The van der Waals surface area contributed by atoms with Gasteiger partial charge in [-0.25, -0.2) is 0 Å². The molecule has 1 aromatic rings. The van der Waals surface area contributed by atoms with Crippen molar-refractivity contribution in [2.24, 2.45) is 5.73 Å². The number of alkyl halides is 3. The first-order valence-corrected chi connectivity index (χ1v) is 5.40. The van der Waals surface area contributed by atoms with Crippen molar-refractivity contribution in [2.45, 2.75) is 12.2 Å². The molecule has 0 bridgehead atoms. The van der Waals surface area contributed by atoms with Crippen LogP contribution in [0.5, 0.6) is 0 Å². The average molecular weight is 297 g/mol. The van der Waals surface area contributed by atoms with Gasteiger partial charge in [0.1, 0.15) is 6.04 Å². The van der Waals surface area contributed by atoms with E-state index in [0.717, 1.165) is 9.37 Å². The van der Waals surface area contributed by atoms with Crippen molar-refractivity contribution in [3.05, 3.63) is 28.7 Å². The summed E-state index contributed by atoms with van der Waals surface area (Å²) in [6.07, 6.45) is -4.32. The summed E-state index contributed by atoms with van der Waals surface area (Å²) in [6.45, 7) is -0.462. The molecule has 0 heterocycles. The van der Waals surface area contributed by atoms with Crippen LogP contribution in [0.4, 0.5) is 18.9 Å². The van der Waals surface area contributed by atoms with E-state index < -0.39 is 18.8 Å². The molecule has 0 aliphatic heterocycles. The molecule has 0 aliphatic rings. The summed E-state index contributed by atoms with van der Waals surface area (Å²) in [5.74, 6) is 0. The molecule has 1 rings (SSSR count). The molecule has 2 N–H and O–H groups in total. The van der Waals surface area contributed by atoms with Crippen molar-refractivity contribution in [1.82, 2.24) is 0 Å².